The van der Waals surface area contributed by atoms with Crippen molar-refractivity contribution >= 4 is 11.7 Å². The standard InChI is InChI=1S/C16H22N6O/c1-17-14-13(18-5-6-19-14)10-12-4-3-8-22(11-12)16(23)15-20-7-9-21(15)2/h5-7,9,12H,3-4,8,10-11H2,1-2H3,(H,17,19). The van der Waals surface area contributed by atoms with E-state index in [2.05, 4.69) is 20.3 Å². The zero-order valence-corrected chi connectivity index (χ0v) is 13.6. The van der Waals surface area contributed by atoms with Gasteiger partial charge in [-0.3, -0.25) is 9.78 Å². The second kappa shape index (κ2) is 6.76. The second-order valence-electron chi connectivity index (χ2n) is 5.93. The maximum Gasteiger partial charge on any atom is 0.289 e. The Labute approximate surface area is 135 Å². The maximum absolute atomic E-state index is 12.6. The molecule has 7 heteroatoms. The van der Waals surface area contributed by atoms with E-state index < -0.39 is 0 Å². The van der Waals surface area contributed by atoms with Crippen molar-refractivity contribution in [3.05, 3.63) is 36.3 Å². The van der Waals surface area contributed by atoms with Crippen molar-refractivity contribution in [3.63, 3.8) is 0 Å². The monoisotopic (exact) mass is 314 g/mol. The number of nitrogens with one attached hydrogen (secondary N) is 1. The van der Waals surface area contributed by atoms with E-state index in [0.717, 1.165) is 43.9 Å². The maximum atomic E-state index is 12.6. The highest BCUT2D eigenvalue weighted by molar-refractivity contribution is 5.90. The van der Waals surface area contributed by atoms with Gasteiger partial charge in [-0.05, 0) is 25.2 Å². The van der Waals surface area contributed by atoms with E-state index >= 15 is 0 Å². The summed E-state index contributed by atoms with van der Waals surface area (Å²) < 4.78 is 1.77. The average molecular weight is 314 g/mol. The number of amides is 1. The number of anilines is 1. The molecule has 122 valence electrons. The summed E-state index contributed by atoms with van der Waals surface area (Å²) in [5.41, 5.74) is 0.964. The molecule has 1 unspecified atom stereocenters. The summed E-state index contributed by atoms with van der Waals surface area (Å²) in [6, 6.07) is 0. The third-order valence-electron chi connectivity index (χ3n) is 4.31. The number of aromatic nitrogens is 4. The largest absolute Gasteiger partial charge is 0.372 e. The van der Waals surface area contributed by atoms with Crippen LogP contribution in [0.25, 0.3) is 0 Å². The van der Waals surface area contributed by atoms with Crippen molar-refractivity contribution in [2.75, 3.05) is 25.5 Å². The summed E-state index contributed by atoms with van der Waals surface area (Å²) in [5.74, 6) is 1.73. The Morgan fingerprint density at radius 3 is 2.87 bits per heavy atom. The molecule has 23 heavy (non-hydrogen) atoms. The van der Waals surface area contributed by atoms with Crippen molar-refractivity contribution in [3.8, 4) is 0 Å². The van der Waals surface area contributed by atoms with Gasteiger partial charge in [0, 0.05) is 52.0 Å². The SMILES string of the molecule is CNc1nccnc1CC1CCCN(C(=O)c2nccn2C)C1. The summed E-state index contributed by atoms with van der Waals surface area (Å²) in [6.45, 7) is 1.53. The molecule has 0 spiro atoms. The minimum Gasteiger partial charge on any atom is -0.372 e. The topological polar surface area (TPSA) is 75.9 Å². The van der Waals surface area contributed by atoms with Crippen molar-refractivity contribution in [2.45, 2.75) is 19.3 Å². The lowest BCUT2D eigenvalue weighted by Gasteiger charge is -2.32. The van der Waals surface area contributed by atoms with Gasteiger partial charge in [0.25, 0.3) is 5.91 Å². The first-order valence-corrected chi connectivity index (χ1v) is 7.93. The van der Waals surface area contributed by atoms with Crippen LogP contribution >= 0.6 is 0 Å². The van der Waals surface area contributed by atoms with Crippen LogP contribution in [-0.4, -0.2) is 50.5 Å². The van der Waals surface area contributed by atoms with Crippen molar-refractivity contribution in [1.29, 1.82) is 0 Å². The van der Waals surface area contributed by atoms with Gasteiger partial charge in [0.1, 0.15) is 5.82 Å². The van der Waals surface area contributed by atoms with Crippen LogP contribution in [0.5, 0.6) is 0 Å². The molecule has 1 aliphatic heterocycles. The molecule has 0 aliphatic carbocycles. The second-order valence-corrected chi connectivity index (χ2v) is 5.93. The fourth-order valence-electron chi connectivity index (χ4n) is 3.13. The van der Waals surface area contributed by atoms with E-state index in [-0.39, 0.29) is 5.91 Å². The number of rotatable bonds is 4. The predicted molar refractivity (Wildman–Crippen MR) is 87.1 cm³/mol. The zero-order valence-electron chi connectivity index (χ0n) is 13.6. The Morgan fingerprint density at radius 2 is 2.13 bits per heavy atom. The highest BCUT2D eigenvalue weighted by Gasteiger charge is 2.27. The van der Waals surface area contributed by atoms with Crippen LogP contribution in [0.1, 0.15) is 29.2 Å². The van der Waals surface area contributed by atoms with Crippen molar-refractivity contribution < 1.29 is 4.79 Å². The Morgan fingerprint density at radius 1 is 1.30 bits per heavy atom. The normalized spacial score (nSPS) is 18.0. The number of aryl methyl sites for hydroxylation is 1. The van der Waals surface area contributed by atoms with E-state index in [1.165, 1.54) is 0 Å². The predicted octanol–water partition coefficient (Wildman–Crippen LogP) is 1.35. The Kier molecular flexibility index (Phi) is 4.55. The van der Waals surface area contributed by atoms with Crippen LogP contribution in [0.4, 0.5) is 5.82 Å². The van der Waals surface area contributed by atoms with Gasteiger partial charge in [0.05, 0.1) is 5.69 Å². The third kappa shape index (κ3) is 3.33. The third-order valence-corrected chi connectivity index (χ3v) is 4.31. The van der Waals surface area contributed by atoms with Crippen molar-refractivity contribution in [1.82, 2.24) is 24.4 Å². The van der Waals surface area contributed by atoms with E-state index in [4.69, 9.17) is 0 Å². The lowest BCUT2D eigenvalue weighted by molar-refractivity contribution is 0.0657. The van der Waals surface area contributed by atoms with Crippen LogP contribution in [0.2, 0.25) is 0 Å². The molecule has 0 bridgehead atoms. The number of nitrogens with zero attached hydrogens (tertiary/aromatic N) is 5. The smallest absolute Gasteiger partial charge is 0.289 e. The highest BCUT2D eigenvalue weighted by atomic mass is 16.2. The van der Waals surface area contributed by atoms with E-state index in [0.29, 0.717) is 11.7 Å². The van der Waals surface area contributed by atoms with Crippen LogP contribution in [-0.2, 0) is 13.5 Å². The van der Waals surface area contributed by atoms with Gasteiger partial charge in [0.2, 0.25) is 0 Å². The zero-order chi connectivity index (χ0) is 16.2. The van der Waals surface area contributed by atoms with E-state index in [9.17, 15) is 4.79 Å². The lowest BCUT2D eigenvalue weighted by atomic mass is 9.93. The summed E-state index contributed by atoms with van der Waals surface area (Å²) >= 11 is 0. The number of carbonyl (C=O) groups excluding carboxylic acids is 1. The van der Waals surface area contributed by atoms with Gasteiger partial charge in [-0.25, -0.2) is 9.97 Å². The quantitative estimate of drug-likeness (QED) is 0.922. The number of hydrogen-bond acceptors (Lipinski definition) is 5. The van der Waals surface area contributed by atoms with Gasteiger partial charge in [-0.1, -0.05) is 0 Å². The molecule has 1 N–H and O–H groups in total. The minimum atomic E-state index is 0.00943. The Hall–Kier alpha value is -2.44. The van der Waals surface area contributed by atoms with Gasteiger partial charge in [0.15, 0.2) is 5.82 Å². The number of piperidine rings is 1. The number of imidazole rings is 1. The minimum absolute atomic E-state index is 0.00943. The fourth-order valence-corrected chi connectivity index (χ4v) is 3.13. The molecule has 1 atom stereocenters. The first-order valence-electron chi connectivity index (χ1n) is 7.93. The molecule has 1 aliphatic rings. The number of carbonyl (C=O) groups is 1. The molecule has 2 aromatic heterocycles. The molecule has 2 aromatic rings. The van der Waals surface area contributed by atoms with Crippen LogP contribution in [0.15, 0.2) is 24.8 Å². The molecular formula is C16H22N6O. The molecule has 1 fully saturated rings. The van der Waals surface area contributed by atoms with E-state index in [1.54, 1.807) is 29.4 Å². The summed E-state index contributed by atoms with van der Waals surface area (Å²) in [4.78, 5) is 27.4. The Balaban J connectivity index is 1.69. The first-order chi connectivity index (χ1) is 11.2. The molecule has 3 rings (SSSR count). The molecule has 0 saturated carbocycles. The van der Waals surface area contributed by atoms with E-state index in [1.807, 2.05) is 19.0 Å². The van der Waals surface area contributed by atoms with Gasteiger partial charge >= 0.3 is 0 Å². The number of hydrogen-bond donors (Lipinski definition) is 1. The molecule has 1 amide bonds. The van der Waals surface area contributed by atoms with Gasteiger partial charge < -0.3 is 14.8 Å². The molecule has 7 nitrogen and oxygen atoms in total. The van der Waals surface area contributed by atoms with Gasteiger partial charge in [-0.15, -0.1) is 0 Å². The van der Waals surface area contributed by atoms with Crippen LogP contribution in [0, 0.1) is 5.92 Å². The molecule has 0 radical (unpaired) electrons. The fraction of sp³-hybridized carbons (Fsp3) is 0.500. The molecule has 3 heterocycles. The summed E-state index contributed by atoms with van der Waals surface area (Å²) in [5, 5.41) is 3.08. The summed E-state index contributed by atoms with van der Waals surface area (Å²) in [7, 11) is 3.70. The highest BCUT2D eigenvalue weighted by Crippen LogP contribution is 2.23. The summed E-state index contributed by atoms with van der Waals surface area (Å²) in [6.07, 6.45) is 9.80. The van der Waals surface area contributed by atoms with Crippen LogP contribution in [0.3, 0.4) is 0 Å². The number of likely N-dealkylation sites (tertiary alicyclic amines) is 1. The van der Waals surface area contributed by atoms with Crippen LogP contribution < -0.4 is 5.32 Å². The van der Waals surface area contributed by atoms with Crippen molar-refractivity contribution in [2.24, 2.45) is 13.0 Å². The molecular weight excluding hydrogens is 292 g/mol. The molecule has 1 saturated heterocycles. The first kappa shape index (κ1) is 15.5. The van der Waals surface area contributed by atoms with Gasteiger partial charge in [-0.2, -0.15) is 0 Å². The lowest BCUT2D eigenvalue weighted by Crippen LogP contribution is -2.41. The molecule has 0 aromatic carbocycles. The Bertz CT molecular complexity index is 683. The average Bonchev–Trinajstić information content (AvgIpc) is 3.01.